The second-order valence-electron chi connectivity index (χ2n) is 10.2. The fourth-order valence-corrected chi connectivity index (χ4v) is 13.5. The maximum Gasteiger partial charge on any atom is 0.00968 e. The van der Waals surface area contributed by atoms with Crippen molar-refractivity contribution in [3.63, 3.8) is 0 Å². The zero-order valence-electron chi connectivity index (χ0n) is 20.3. The normalized spacial score (nSPS) is 21.3. The van der Waals surface area contributed by atoms with E-state index in [1.165, 1.54) is 81.2 Å². The molecule has 3 aliphatic carbocycles. The molecular weight excluding hydrogens is 434 g/mol. The molecule has 174 valence electrons. The van der Waals surface area contributed by atoms with Crippen LogP contribution in [0.25, 0.3) is 0 Å². The molecule has 0 nitrogen and oxygen atoms in total. The first-order valence-electron chi connectivity index (χ1n) is 13.4. The first-order valence-corrected chi connectivity index (χ1v) is 16.3. The summed E-state index contributed by atoms with van der Waals surface area (Å²) in [6.45, 7) is 2.55. The van der Waals surface area contributed by atoms with E-state index < -0.39 is 7.92 Å². The lowest BCUT2D eigenvalue weighted by Crippen LogP contribution is -2.24. The number of hydrogen-bond donors (Lipinski definition) is 0. The summed E-state index contributed by atoms with van der Waals surface area (Å²) < 4.78 is 0. The fourth-order valence-electron chi connectivity index (χ4n) is 6.52. The van der Waals surface area contributed by atoms with Crippen molar-refractivity contribution in [1.29, 1.82) is 0 Å². The maximum absolute atomic E-state index is 2.56. The van der Waals surface area contributed by atoms with Gasteiger partial charge < -0.3 is 0 Å². The molecule has 2 heteroatoms. The lowest BCUT2D eigenvalue weighted by atomic mass is 9.99. The van der Waals surface area contributed by atoms with Gasteiger partial charge in [0.25, 0.3) is 0 Å². The molecule has 0 N–H and O–H groups in total. The predicted octanol–water partition coefficient (Wildman–Crippen LogP) is 8.87. The van der Waals surface area contributed by atoms with E-state index in [0.717, 1.165) is 11.3 Å². The van der Waals surface area contributed by atoms with Gasteiger partial charge in [0.1, 0.15) is 0 Å². The highest BCUT2D eigenvalue weighted by Gasteiger charge is 2.37. The Balaban J connectivity index is 1.54. The van der Waals surface area contributed by atoms with Crippen molar-refractivity contribution in [3.05, 3.63) is 83.7 Å². The van der Waals surface area contributed by atoms with E-state index in [4.69, 9.17) is 0 Å². The third-order valence-corrected chi connectivity index (χ3v) is 14.5. The molecule has 0 heterocycles. The summed E-state index contributed by atoms with van der Waals surface area (Å²) >= 11 is 0. The van der Waals surface area contributed by atoms with Gasteiger partial charge >= 0.3 is 0 Å². The Morgan fingerprint density at radius 3 is 1.64 bits per heavy atom. The molecule has 0 saturated heterocycles. The number of allylic oxidation sites excluding steroid dienone is 4. The minimum absolute atomic E-state index is 0.00495. The molecule has 3 aliphatic rings. The topological polar surface area (TPSA) is 0 Å². The minimum atomic E-state index is -0.408. The fraction of sp³-hybridized carbons (Fsp3) is 0.484. The Kier molecular flexibility index (Phi) is 8.18. The number of hydrogen-bond acceptors (Lipinski definition) is 0. The van der Waals surface area contributed by atoms with Crippen LogP contribution < -0.4 is 10.6 Å². The predicted molar refractivity (Wildman–Crippen MR) is 150 cm³/mol. The highest BCUT2D eigenvalue weighted by Crippen LogP contribution is 2.65. The van der Waals surface area contributed by atoms with Crippen molar-refractivity contribution in [1.82, 2.24) is 0 Å². The standard InChI is InChI=1S/C31H40P2/c1-25(32(26-15-6-2-7-16-26)27-17-8-3-9-18-27)30-23-14-24-31(30)33(28-19-10-4-11-20-28)29-21-12-5-13-22-29/h2-3,6-9,14-18,23,25,28-29H,4-5,10-13,19-22,24H2,1H3/t25-/m0/s1. The van der Waals surface area contributed by atoms with Gasteiger partial charge in [0, 0.05) is 5.66 Å². The molecule has 0 unspecified atom stereocenters. The monoisotopic (exact) mass is 474 g/mol. The molecule has 0 bridgehead atoms. The third kappa shape index (κ3) is 5.39. The molecule has 0 aliphatic heterocycles. The second kappa shape index (κ2) is 11.5. The summed E-state index contributed by atoms with van der Waals surface area (Å²) in [6, 6.07) is 22.8. The van der Waals surface area contributed by atoms with E-state index in [9.17, 15) is 0 Å². The van der Waals surface area contributed by atoms with Gasteiger partial charge in [0.05, 0.1) is 0 Å². The van der Waals surface area contributed by atoms with Crippen molar-refractivity contribution in [2.24, 2.45) is 0 Å². The van der Waals surface area contributed by atoms with Crippen LogP contribution in [0.3, 0.4) is 0 Å². The average Bonchev–Trinajstić information content (AvgIpc) is 3.36. The summed E-state index contributed by atoms with van der Waals surface area (Å²) in [5, 5.41) is 4.96. The van der Waals surface area contributed by atoms with Crippen LogP contribution in [-0.2, 0) is 0 Å². The Labute approximate surface area is 204 Å². The summed E-state index contributed by atoms with van der Waals surface area (Å²) in [7, 11) is -0.413. The summed E-state index contributed by atoms with van der Waals surface area (Å²) in [6.07, 6.45) is 21.2. The van der Waals surface area contributed by atoms with Crippen molar-refractivity contribution in [2.45, 2.75) is 94.5 Å². The van der Waals surface area contributed by atoms with E-state index in [1.54, 1.807) is 5.57 Å². The van der Waals surface area contributed by atoms with Crippen LogP contribution in [0.5, 0.6) is 0 Å². The molecule has 1 atom stereocenters. The lowest BCUT2D eigenvalue weighted by Gasteiger charge is -2.41. The molecule has 2 fully saturated rings. The smallest absolute Gasteiger partial charge is 0.00968 e. The zero-order valence-corrected chi connectivity index (χ0v) is 22.1. The van der Waals surface area contributed by atoms with Crippen LogP contribution in [0.4, 0.5) is 0 Å². The molecule has 33 heavy (non-hydrogen) atoms. The van der Waals surface area contributed by atoms with Crippen LogP contribution in [0.1, 0.15) is 77.6 Å². The van der Waals surface area contributed by atoms with Crippen molar-refractivity contribution in [2.75, 3.05) is 0 Å². The molecule has 5 rings (SSSR count). The molecule has 0 radical (unpaired) electrons. The number of benzene rings is 2. The number of rotatable bonds is 7. The molecule has 2 saturated carbocycles. The van der Waals surface area contributed by atoms with Crippen LogP contribution in [0.15, 0.2) is 83.7 Å². The van der Waals surface area contributed by atoms with E-state index in [1.807, 2.05) is 5.31 Å². The van der Waals surface area contributed by atoms with Gasteiger partial charge in [-0.2, -0.15) is 0 Å². The van der Waals surface area contributed by atoms with Gasteiger partial charge in [-0.05, 0) is 72.8 Å². The minimum Gasteiger partial charge on any atom is -0.0798 e. The highest BCUT2D eigenvalue weighted by molar-refractivity contribution is 7.74. The van der Waals surface area contributed by atoms with E-state index in [0.29, 0.717) is 5.66 Å². The Hall–Kier alpha value is -1.22. The van der Waals surface area contributed by atoms with Crippen LogP contribution >= 0.6 is 15.8 Å². The van der Waals surface area contributed by atoms with Crippen molar-refractivity contribution in [3.8, 4) is 0 Å². The zero-order chi connectivity index (χ0) is 22.5. The summed E-state index contributed by atoms with van der Waals surface area (Å²) in [5.41, 5.74) is 4.30. The molecule has 2 aromatic carbocycles. The van der Waals surface area contributed by atoms with E-state index >= 15 is 0 Å². The Morgan fingerprint density at radius 2 is 1.15 bits per heavy atom. The Morgan fingerprint density at radius 1 is 0.667 bits per heavy atom. The van der Waals surface area contributed by atoms with Crippen molar-refractivity contribution < 1.29 is 0 Å². The molecule has 0 aromatic heterocycles. The van der Waals surface area contributed by atoms with E-state index in [-0.39, 0.29) is 7.92 Å². The molecule has 0 amide bonds. The van der Waals surface area contributed by atoms with Gasteiger partial charge in [0.2, 0.25) is 0 Å². The second-order valence-corrected chi connectivity index (χ2v) is 15.6. The van der Waals surface area contributed by atoms with Gasteiger partial charge in [-0.25, -0.2) is 0 Å². The summed E-state index contributed by atoms with van der Waals surface area (Å²) in [5.74, 6) is 0. The molecule has 2 aromatic rings. The highest BCUT2D eigenvalue weighted by atomic mass is 31.1. The van der Waals surface area contributed by atoms with Gasteiger partial charge in [-0.3, -0.25) is 0 Å². The summed E-state index contributed by atoms with van der Waals surface area (Å²) in [4.78, 5) is 0. The average molecular weight is 475 g/mol. The molecule has 0 spiro atoms. The molecular formula is C31H40P2. The van der Waals surface area contributed by atoms with Crippen LogP contribution in [0, 0.1) is 0 Å². The van der Waals surface area contributed by atoms with Gasteiger partial charge in [0.15, 0.2) is 0 Å². The first-order chi connectivity index (χ1) is 16.3. The Bertz CT molecular complexity index is 876. The van der Waals surface area contributed by atoms with E-state index in [2.05, 4.69) is 79.7 Å². The lowest BCUT2D eigenvalue weighted by molar-refractivity contribution is 0.485. The van der Waals surface area contributed by atoms with Crippen LogP contribution in [-0.4, -0.2) is 17.0 Å². The third-order valence-electron chi connectivity index (χ3n) is 8.10. The largest absolute Gasteiger partial charge is 0.0798 e. The first kappa shape index (κ1) is 23.5. The van der Waals surface area contributed by atoms with Crippen molar-refractivity contribution >= 4 is 26.5 Å². The van der Waals surface area contributed by atoms with Gasteiger partial charge in [-0.15, -0.1) is 0 Å². The SMILES string of the molecule is C[C@@H](C1=C(P(C2CCCCC2)C2CCCCC2)CC=C1)P(c1ccccc1)c1ccccc1. The van der Waals surface area contributed by atoms with Gasteiger partial charge in [-0.1, -0.05) is 126 Å². The quantitative estimate of drug-likeness (QED) is 0.352. The maximum atomic E-state index is 2.56. The van der Waals surface area contributed by atoms with Crippen LogP contribution in [0.2, 0.25) is 0 Å².